The molecule has 4 aromatic rings. The van der Waals surface area contributed by atoms with E-state index >= 15 is 0 Å². The summed E-state index contributed by atoms with van der Waals surface area (Å²) in [6.07, 6.45) is 1.46. The summed E-state index contributed by atoms with van der Waals surface area (Å²) in [7, 11) is 1.56. The number of fused-ring (bicyclic) bond motifs is 1. The number of carbonyl (C=O) groups excluding carboxylic acids is 1. The van der Waals surface area contributed by atoms with Crippen LogP contribution in [0.5, 0.6) is 5.75 Å². The zero-order chi connectivity index (χ0) is 21.1. The molecule has 0 aliphatic heterocycles. The number of ether oxygens (including phenoxy) is 2. The number of halogens is 1. The first-order valence-corrected chi connectivity index (χ1v) is 10.3. The largest absolute Gasteiger partial charge is 0.495 e. The number of nitrogens with zero attached hydrogens (tertiary/aromatic N) is 2. The van der Waals surface area contributed by atoms with Gasteiger partial charge in [0.1, 0.15) is 34.2 Å². The third-order valence-corrected chi connectivity index (χ3v) is 6.01. The smallest absolute Gasteiger partial charge is 0.349 e. The second kappa shape index (κ2) is 8.69. The molecule has 0 radical (unpaired) electrons. The fourth-order valence-electron chi connectivity index (χ4n) is 3.03. The molecule has 0 unspecified atom stereocenters. The topological polar surface area (TPSA) is 73.3 Å². The summed E-state index contributed by atoms with van der Waals surface area (Å²) in [6, 6.07) is 14.9. The number of aryl methyl sites for hydroxylation is 1. The molecule has 152 valence electrons. The van der Waals surface area contributed by atoms with Gasteiger partial charge in [0.05, 0.1) is 17.5 Å². The predicted octanol–water partition coefficient (Wildman–Crippen LogP) is 5.76. The van der Waals surface area contributed by atoms with Gasteiger partial charge in [-0.1, -0.05) is 41.9 Å². The Balaban J connectivity index is 1.61. The lowest BCUT2D eigenvalue weighted by Gasteiger charge is -2.09. The van der Waals surface area contributed by atoms with Gasteiger partial charge in [0.2, 0.25) is 0 Å². The van der Waals surface area contributed by atoms with E-state index in [1.54, 1.807) is 19.2 Å². The molecule has 1 N–H and O–H groups in total. The number of rotatable bonds is 6. The Morgan fingerprint density at radius 1 is 1.17 bits per heavy atom. The van der Waals surface area contributed by atoms with Crippen LogP contribution in [0, 0.1) is 6.92 Å². The molecule has 0 saturated heterocycles. The quantitative estimate of drug-likeness (QED) is 0.385. The molecule has 30 heavy (non-hydrogen) atoms. The molecular weight excluding hydrogens is 422 g/mol. The minimum atomic E-state index is -0.377. The number of aromatic nitrogens is 2. The number of carbonyl (C=O) groups is 1. The Morgan fingerprint density at radius 3 is 2.70 bits per heavy atom. The molecule has 0 amide bonds. The fraction of sp³-hybridized carbons (Fsp3) is 0.136. The van der Waals surface area contributed by atoms with Crippen LogP contribution in [-0.4, -0.2) is 23.0 Å². The van der Waals surface area contributed by atoms with E-state index in [2.05, 4.69) is 15.3 Å². The van der Waals surface area contributed by atoms with Crippen molar-refractivity contribution in [1.82, 2.24) is 9.97 Å². The number of esters is 1. The lowest BCUT2D eigenvalue weighted by molar-refractivity contribution is 0.0478. The molecule has 2 aromatic carbocycles. The molecular formula is C22H18ClN3O3S. The van der Waals surface area contributed by atoms with Crippen molar-refractivity contribution in [3.8, 4) is 5.75 Å². The van der Waals surface area contributed by atoms with Crippen LogP contribution in [-0.2, 0) is 11.3 Å². The van der Waals surface area contributed by atoms with E-state index < -0.39 is 0 Å². The maximum Gasteiger partial charge on any atom is 0.349 e. The number of anilines is 2. The van der Waals surface area contributed by atoms with Crippen LogP contribution >= 0.6 is 22.9 Å². The fourth-order valence-corrected chi connectivity index (χ4v) is 4.33. The van der Waals surface area contributed by atoms with Crippen molar-refractivity contribution < 1.29 is 14.3 Å². The molecule has 6 nitrogen and oxygen atoms in total. The number of hydrogen-bond donors (Lipinski definition) is 1. The molecule has 0 aliphatic carbocycles. The second-order valence-corrected chi connectivity index (χ2v) is 7.90. The van der Waals surface area contributed by atoms with E-state index in [1.807, 2.05) is 43.3 Å². The van der Waals surface area contributed by atoms with Crippen LogP contribution in [0.15, 0.2) is 54.9 Å². The number of thiophene rings is 1. The first-order valence-electron chi connectivity index (χ1n) is 9.12. The third kappa shape index (κ3) is 4.08. The van der Waals surface area contributed by atoms with Gasteiger partial charge >= 0.3 is 5.97 Å². The molecule has 0 aliphatic rings. The highest BCUT2D eigenvalue weighted by Crippen LogP contribution is 2.36. The first-order chi connectivity index (χ1) is 14.6. The Kier molecular flexibility index (Phi) is 5.83. The first kappa shape index (κ1) is 20.1. The number of hydrogen-bond acceptors (Lipinski definition) is 7. The normalized spacial score (nSPS) is 10.8. The minimum Gasteiger partial charge on any atom is -0.495 e. The van der Waals surface area contributed by atoms with Crippen molar-refractivity contribution in [2.24, 2.45) is 0 Å². The van der Waals surface area contributed by atoms with Crippen LogP contribution in [0.25, 0.3) is 10.2 Å². The molecule has 0 saturated carbocycles. The minimum absolute atomic E-state index is 0.217. The summed E-state index contributed by atoms with van der Waals surface area (Å²) in [5, 5.41) is 4.52. The van der Waals surface area contributed by atoms with Crippen molar-refractivity contribution in [1.29, 1.82) is 0 Å². The number of benzene rings is 2. The van der Waals surface area contributed by atoms with Crippen molar-refractivity contribution in [2.75, 3.05) is 12.4 Å². The number of methoxy groups -OCH3 is 1. The standard InChI is InChI=1S/C22H18ClN3O3S/c1-13-18-20(26-15-8-9-17(28-2)16(23)10-15)24-12-25-21(18)30-19(13)22(27)29-11-14-6-4-3-5-7-14/h3-10,12H,11H2,1-2H3,(H,24,25,26). The van der Waals surface area contributed by atoms with Crippen LogP contribution in [0.4, 0.5) is 11.5 Å². The van der Waals surface area contributed by atoms with Crippen molar-refractivity contribution in [3.63, 3.8) is 0 Å². The summed E-state index contributed by atoms with van der Waals surface area (Å²) in [6.45, 7) is 2.09. The monoisotopic (exact) mass is 439 g/mol. The van der Waals surface area contributed by atoms with E-state index in [4.69, 9.17) is 21.1 Å². The van der Waals surface area contributed by atoms with Crippen LogP contribution in [0.1, 0.15) is 20.8 Å². The van der Waals surface area contributed by atoms with Gasteiger partial charge in [-0.15, -0.1) is 11.3 Å². The molecule has 2 aromatic heterocycles. The van der Waals surface area contributed by atoms with Gasteiger partial charge in [0, 0.05) is 5.69 Å². The van der Waals surface area contributed by atoms with Gasteiger partial charge in [-0.05, 0) is 36.2 Å². The van der Waals surface area contributed by atoms with Crippen LogP contribution in [0.3, 0.4) is 0 Å². The molecule has 4 rings (SSSR count). The van der Waals surface area contributed by atoms with Gasteiger partial charge < -0.3 is 14.8 Å². The molecule has 2 heterocycles. The molecule has 0 fully saturated rings. The van der Waals surface area contributed by atoms with Crippen molar-refractivity contribution >= 4 is 50.6 Å². The van der Waals surface area contributed by atoms with E-state index in [0.29, 0.717) is 26.3 Å². The van der Waals surface area contributed by atoms with Gasteiger partial charge in [0.25, 0.3) is 0 Å². The maximum absolute atomic E-state index is 12.7. The van der Waals surface area contributed by atoms with Gasteiger partial charge in [-0.2, -0.15) is 0 Å². The summed E-state index contributed by atoms with van der Waals surface area (Å²) in [5.74, 6) is 0.806. The van der Waals surface area contributed by atoms with E-state index in [9.17, 15) is 4.79 Å². The van der Waals surface area contributed by atoms with Gasteiger partial charge in [-0.25, -0.2) is 14.8 Å². The highest BCUT2D eigenvalue weighted by Gasteiger charge is 2.20. The lowest BCUT2D eigenvalue weighted by Crippen LogP contribution is -2.04. The average Bonchev–Trinajstić information content (AvgIpc) is 3.10. The molecule has 0 bridgehead atoms. The summed E-state index contributed by atoms with van der Waals surface area (Å²) >= 11 is 7.51. The third-order valence-electron chi connectivity index (χ3n) is 4.54. The van der Waals surface area contributed by atoms with Crippen molar-refractivity contribution in [2.45, 2.75) is 13.5 Å². The Morgan fingerprint density at radius 2 is 1.97 bits per heavy atom. The van der Waals surface area contributed by atoms with E-state index in [1.165, 1.54) is 17.7 Å². The maximum atomic E-state index is 12.7. The highest BCUT2D eigenvalue weighted by molar-refractivity contribution is 7.20. The predicted molar refractivity (Wildman–Crippen MR) is 119 cm³/mol. The molecule has 0 spiro atoms. The highest BCUT2D eigenvalue weighted by atomic mass is 35.5. The van der Waals surface area contributed by atoms with E-state index in [0.717, 1.165) is 22.2 Å². The Bertz CT molecular complexity index is 1210. The average molecular weight is 440 g/mol. The zero-order valence-corrected chi connectivity index (χ0v) is 17.9. The summed E-state index contributed by atoms with van der Waals surface area (Å²) < 4.78 is 10.7. The van der Waals surface area contributed by atoms with Crippen LogP contribution < -0.4 is 10.1 Å². The summed E-state index contributed by atoms with van der Waals surface area (Å²) in [4.78, 5) is 22.6. The second-order valence-electron chi connectivity index (χ2n) is 6.49. The molecule has 0 atom stereocenters. The molecule has 8 heteroatoms. The van der Waals surface area contributed by atoms with Crippen LogP contribution in [0.2, 0.25) is 5.02 Å². The van der Waals surface area contributed by atoms with Crippen molar-refractivity contribution in [3.05, 3.63) is 75.9 Å². The zero-order valence-electron chi connectivity index (χ0n) is 16.3. The van der Waals surface area contributed by atoms with Gasteiger partial charge in [0.15, 0.2) is 0 Å². The number of nitrogens with one attached hydrogen (secondary N) is 1. The Labute approximate surface area is 182 Å². The Hall–Kier alpha value is -3.16. The van der Waals surface area contributed by atoms with E-state index in [-0.39, 0.29) is 12.6 Å². The van der Waals surface area contributed by atoms with Gasteiger partial charge in [-0.3, -0.25) is 0 Å². The summed E-state index contributed by atoms with van der Waals surface area (Å²) in [5.41, 5.74) is 2.46. The SMILES string of the molecule is COc1ccc(Nc2ncnc3sc(C(=O)OCc4ccccc4)c(C)c23)cc1Cl. The lowest BCUT2D eigenvalue weighted by atomic mass is 10.2.